The molecule has 0 aromatic heterocycles. The number of carbonyl (C=O) groups is 1. The maximum Gasteiger partial charge on any atom is 0.412 e. The average molecular weight is 251 g/mol. The standard InChI is InChI=1S/C13H17NO4/c15-8-11-6-7-12(16)14(11)13(17)18-9-10-4-2-1-3-5-10/h1-5,11-12,15-16H,6-9H2/t11-,12?/m0/s1. The van der Waals surface area contributed by atoms with E-state index >= 15 is 0 Å². The quantitative estimate of drug-likeness (QED) is 0.844. The predicted molar refractivity (Wildman–Crippen MR) is 64.6 cm³/mol. The zero-order valence-electron chi connectivity index (χ0n) is 10.0. The maximum absolute atomic E-state index is 11.8. The van der Waals surface area contributed by atoms with Crippen molar-refractivity contribution in [3.05, 3.63) is 35.9 Å². The minimum Gasteiger partial charge on any atom is -0.444 e. The molecule has 1 unspecified atom stereocenters. The predicted octanol–water partition coefficient (Wildman–Crippen LogP) is 1.10. The number of aliphatic hydroxyl groups excluding tert-OH is 2. The first-order valence-corrected chi connectivity index (χ1v) is 6.00. The third-order valence-electron chi connectivity index (χ3n) is 3.10. The molecule has 0 spiro atoms. The van der Waals surface area contributed by atoms with Crippen LogP contribution in [0.2, 0.25) is 0 Å². The molecular formula is C13H17NO4. The fraction of sp³-hybridized carbons (Fsp3) is 0.462. The number of ether oxygens (including phenoxy) is 1. The van der Waals surface area contributed by atoms with Crippen molar-refractivity contribution in [2.45, 2.75) is 31.7 Å². The third-order valence-corrected chi connectivity index (χ3v) is 3.10. The highest BCUT2D eigenvalue weighted by molar-refractivity contribution is 5.68. The summed E-state index contributed by atoms with van der Waals surface area (Å²) < 4.78 is 5.13. The topological polar surface area (TPSA) is 70.0 Å². The molecule has 1 saturated heterocycles. The average Bonchev–Trinajstić information content (AvgIpc) is 2.78. The Labute approximate surface area is 106 Å². The SMILES string of the molecule is O=C(OCc1ccccc1)N1C(O)CC[C@H]1CO. The van der Waals surface area contributed by atoms with E-state index in [-0.39, 0.29) is 19.3 Å². The molecule has 18 heavy (non-hydrogen) atoms. The van der Waals surface area contributed by atoms with Gasteiger partial charge in [0.05, 0.1) is 12.6 Å². The van der Waals surface area contributed by atoms with E-state index in [1.807, 2.05) is 30.3 Å². The van der Waals surface area contributed by atoms with Crippen molar-refractivity contribution in [2.75, 3.05) is 6.61 Å². The number of carbonyl (C=O) groups excluding carboxylic acids is 1. The summed E-state index contributed by atoms with van der Waals surface area (Å²) in [6.45, 7) is 0.0124. The molecule has 1 heterocycles. The molecule has 5 heteroatoms. The molecule has 0 radical (unpaired) electrons. The summed E-state index contributed by atoms with van der Waals surface area (Å²) in [5, 5.41) is 18.8. The fourth-order valence-corrected chi connectivity index (χ4v) is 2.11. The highest BCUT2D eigenvalue weighted by Gasteiger charge is 2.36. The fourth-order valence-electron chi connectivity index (χ4n) is 2.11. The van der Waals surface area contributed by atoms with Gasteiger partial charge in [-0.15, -0.1) is 0 Å². The third kappa shape index (κ3) is 2.80. The van der Waals surface area contributed by atoms with E-state index in [1.54, 1.807) is 0 Å². The molecule has 0 saturated carbocycles. The molecule has 98 valence electrons. The van der Waals surface area contributed by atoms with Gasteiger partial charge in [-0.1, -0.05) is 30.3 Å². The van der Waals surface area contributed by atoms with Crippen molar-refractivity contribution in [2.24, 2.45) is 0 Å². The second-order valence-corrected chi connectivity index (χ2v) is 4.34. The second kappa shape index (κ2) is 5.84. The minimum absolute atomic E-state index is 0.155. The van der Waals surface area contributed by atoms with Gasteiger partial charge in [0.15, 0.2) is 0 Å². The lowest BCUT2D eigenvalue weighted by Crippen LogP contribution is -2.43. The van der Waals surface area contributed by atoms with E-state index in [1.165, 1.54) is 4.90 Å². The number of amides is 1. The van der Waals surface area contributed by atoms with Crippen LogP contribution < -0.4 is 0 Å². The van der Waals surface area contributed by atoms with Gasteiger partial charge in [0.25, 0.3) is 0 Å². The van der Waals surface area contributed by atoms with Gasteiger partial charge in [0, 0.05) is 0 Å². The number of likely N-dealkylation sites (tertiary alicyclic amines) is 1. The Morgan fingerprint density at radius 2 is 2.06 bits per heavy atom. The van der Waals surface area contributed by atoms with Crippen LogP contribution in [0.1, 0.15) is 18.4 Å². The van der Waals surface area contributed by atoms with Crippen LogP contribution in [0.15, 0.2) is 30.3 Å². The first kappa shape index (κ1) is 12.9. The van der Waals surface area contributed by atoms with Gasteiger partial charge in [0.1, 0.15) is 12.8 Å². The van der Waals surface area contributed by atoms with E-state index in [2.05, 4.69) is 0 Å². The van der Waals surface area contributed by atoms with Crippen LogP contribution in [0.25, 0.3) is 0 Å². The Bertz CT molecular complexity index is 395. The summed E-state index contributed by atoms with van der Waals surface area (Å²) in [5.41, 5.74) is 0.889. The second-order valence-electron chi connectivity index (χ2n) is 4.34. The van der Waals surface area contributed by atoms with Crippen molar-refractivity contribution in [1.82, 2.24) is 4.90 Å². The molecule has 1 amide bonds. The Balaban J connectivity index is 1.91. The molecule has 1 aliphatic heterocycles. The van der Waals surface area contributed by atoms with Gasteiger partial charge >= 0.3 is 6.09 Å². The molecule has 1 aliphatic rings. The van der Waals surface area contributed by atoms with Gasteiger partial charge in [-0.25, -0.2) is 4.79 Å². The summed E-state index contributed by atoms with van der Waals surface area (Å²) in [4.78, 5) is 13.0. The largest absolute Gasteiger partial charge is 0.444 e. The Morgan fingerprint density at radius 3 is 2.72 bits per heavy atom. The van der Waals surface area contributed by atoms with Crippen molar-refractivity contribution < 1.29 is 19.7 Å². The van der Waals surface area contributed by atoms with E-state index in [0.29, 0.717) is 12.8 Å². The lowest BCUT2D eigenvalue weighted by atomic mass is 10.2. The molecule has 2 rings (SSSR count). The van der Waals surface area contributed by atoms with Crippen LogP contribution in [0.5, 0.6) is 0 Å². The lowest BCUT2D eigenvalue weighted by Gasteiger charge is -2.25. The summed E-state index contributed by atoms with van der Waals surface area (Å²) in [7, 11) is 0. The smallest absolute Gasteiger partial charge is 0.412 e. The van der Waals surface area contributed by atoms with Crippen LogP contribution in [0.3, 0.4) is 0 Å². The minimum atomic E-state index is -0.856. The monoisotopic (exact) mass is 251 g/mol. The Morgan fingerprint density at radius 1 is 1.33 bits per heavy atom. The van der Waals surface area contributed by atoms with E-state index in [4.69, 9.17) is 9.84 Å². The van der Waals surface area contributed by atoms with Crippen LogP contribution in [-0.2, 0) is 11.3 Å². The van der Waals surface area contributed by atoms with Gasteiger partial charge in [-0.3, -0.25) is 4.90 Å². The summed E-state index contributed by atoms with van der Waals surface area (Å²) >= 11 is 0. The van der Waals surface area contributed by atoms with E-state index in [9.17, 15) is 9.90 Å². The van der Waals surface area contributed by atoms with Crippen LogP contribution in [-0.4, -0.2) is 40.1 Å². The summed E-state index contributed by atoms with van der Waals surface area (Å²) in [6.07, 6.45) is -0.364. The number of aliphatic hydroxyl groups is 2. The molecule has 0 aliphatic carbocycles. The Hall–Kier alpha value is -1.59. The van der Waals surface area contributed by atoms with Gasteiger partial charge < -0.3 is 14.9 Å². The molecule has 1 aromatic rings. The molecule has 1 fully saturated rings. The van der Waals surface area contributed by atoms with Crippen LogP contribution in [0.4, 0.5) is 4.79 Å². The normalized spacial score (nSPS) is 23.1. The molecule has 5 nitrogen and oxygen atoms in total. The number of hydrogen-bond acceptors (Lipinski definition) is 4. The number of hydrogen-bond donors (Lipinski definition) is 2. The van der Waals surface area contributed by atoms with Crippen molar-refractivity contribution >= 4 is 6.09 Å². The first-order valence-electron chi connectivity index (χ1n) is 6.00. The maximum atomic E-state index is 11.8. The molecule has 0 bridgehead atoms. The van der Waals surface area contributed by atoms with Crippen LogP contribution in [0, 0.1) is 0 Å². The van der Waals surface area contributed by atoms with E-state index < -0.39 is 12.3 Å². The number of rotatable bonds is 3. The van der Waals surface area contributed by atoms with Crippen molar-refractivity contribution in [3.8, 4) is 0 Å². The zero-order chi connectivity index (χ0) is 13.0. The van der Waals surface area contributed by atoms with E-state index in [0.717, 1.165) is 5.56 Å². The summed E-state index contributed by atoms with van der Waals surface area (Å²) in [6, 6.07) is 8.99. The molecule has 1 aromatic carbocycles. The highest BCUT2D eigenvalue weighted by atomic mass is 16.6. The van der Waals surface area contributed by atoms with Gasteiger partial charge in [-0.05, 0) is 18.4 Å². The van der Waals surface area contributed by atoms with Crippen molar-refractivity contribution in [3.63, 3.8) is 0 Å². The Kier molecular flexibility index (Phi) is 4.17. The number of benzene rings is 1. The van der Waals surface area contributed by atoms with Crippen molar-refractivity contribution in [1.29, 1.82) is 0 Å². The molecule has 2 N–H and O–H groups in total. The lowest BCUT2D eigenvalue weighted by molar-refractivity contribution is -0.00235. The van der Waals surface area contributed by atoms with Gasteiger partial charge in [0.2, 0.25) is 0 Å². The molecule has 2 atom stereocenters. The molecular weight excluding hydrogens is 234 g/mol. The van der Waals surface area contributed by atoms with Crippen LogP contribution >= 0.6 is 0 Å². The summed E-state index contributed by atoms with van der Waals surface area (Å²) in [5.74, 6) is 0. The first-order chi connectivity index (χ1) is 8.72. The van der Waals surface area contributed by atoms with Gasteiger partial charge in [-0.2, -0.15) is 0 Å². The zero-order valence-corrected chi connectivity index (χ0v) is 10.0. The number of nitrogens with zero attached hydrogens (tertiary/aromatic N) is 1. The highest BCUT2D eigenvalue weighted by Crippen LogP contribution is 2.23.